The fourth-order valence-corrected chi connectivity index (χ4v) is 4.62. The average Bonchev–Trinajstić information content (AvgIpc) is 3.43. The number of piperidine rings is 1. The molecule has 42 heavy (non-hydrogen) atoms. The maximum Gasteiger partial charge on any atom is 0.255 e. The molecule has 5 rings (SSSR count). The van der Waals surface area contributed by atoms with Crippen LogP contribution in [0, 0.1) is 0 Å². The number of nitrogens with zero attached hydrogens (tertiary/aromatic N) is 5. The normalized spacial score (nSPS) is 14.6. The van der Waals surface area contributed by atoms with E-state index in [1.165, 1.54) is 6.08 Å². The van der Waals surface area contributed by atoms with Crippen molar-refractivity contribution >= 4 is 51.8 Å². The number of fused-ring (bicyclic) bond motifs is 1. The molecule has 0 saturated carbocycles. The Hall–Kier alpha value is -4.77. The Morgan fingerprint density at radius 3 is 2.48 bits per heavy atom. The molecule has 11 nitrogen and oxygen atoms in total. The summed E-state index contributed by atoms with van der Waals surface area (Å²) in [6.07, 6.45) is 4.95. The first-order chi connectivity index (χ1) is 20.3. The van der Waals surface area contributed by atoms with E-state index in [0.29, 0.717) is 40.8 Å². The molecule has 1 aliphatic rings. The first kappa shape index (κ1) is 30.2. The highest BCUT2D eigenvalue weighted by atomic mass is 16.2. The van der Waals surface area contributed by atoms with Crippen LogP contribution in [0.2, 0.25) is 0 Å². The minimum Gasteiger partial charge on any atom is -0.339 e. The molecule has 0 aliphatic carbocycles. The second kappa shape index (κ2) is 13.7. The number of rotatable bonds is 8. The van der Waals surface area contributed by atoms with Crippen LogP contribution in [0.4, 0.5) is 28.8 Å². The van der Waals surface area contributed by atoms with Gasteiger partial charge in [0.2, 0.25) is 11.9 Å². The number of carbonyl (C=O) groups excluding carboxylic acids is 2. The lowest BCUT2D eigenvalue weighted by molar-refractivity contribution is -0.111. The van der Waals surface area contributed by atoms with Crippen LogP contribution in [0.1, 0.15) is 56.9 Å². The predicted octanol–water partition coefficient (Wildman–Crippen LogP) is 5.48. The van der Waals surface area contributed by atoms with Gasteiger partial charge < -0.3 is 31.2 Å². The lowest BCUT2D eigenvalue weighted by atomic mass is 10.1. The topological polar surface area (TPSA) is 143 Å². The van der Waals surface area contributed by atoms with Crippen molar-refractivity contribution in [2.45, 2.75) is 52.6 Å². The molecule has 4 aromatic rings. The molecule has 1 aliphatic heterocycles. The van der Waals surface area contributed by atoms with Crippen LogP contribution in [0.3, 0.4) is 0 Å². The van der Waals surface area contributed by atoms with Gasteiger partial charge in [-0.05, 0) is 75.2 Å². The summed E-state index contributed by atoms with van der Waals surface area (Å²) in [5, 5.41) is 8.97. The number of carbonyl (C=O) groups is 2. The van der Waals surface area contributed by atoms with Crippen LogP contribution in [0.25, 0.3) is 11.2 Å². The molecule has 0 spiro atoms. The van der Waals surface area contributed by atoms with E-state index in [4.69, 9.17) is 15.7 Å². The zero-order valence-electron chi connectivity index (χ0n) is 24.6. The Bertz CT molecular complexity index is 1550. The van der Waals surface area contributed by atoms with Crippen molar-refractivity contribution in [3.05, 3.63) is 73.1 Å². The molecule has 0 radical (unpaired) electrons. The average molecular weight is 570 g/mol. The van der Waals surface area contributed by atoms with Gasteiger partial charge in [-0.1, -0.05) is 26.5 Å². The van der Waals surface area contributed by atoms with Gasteiger partial charge in [0.1, 0.15) is 0 Å². The molecule has 220 valence electrons. The minimum absolute atomic E-state index is 0.0851. The molecule has 2 aromatic heterocycles. The summed E-state index contributed by atoms with van der Waals surface area (Å²) >= 11 is 0. The van der Waals surface area contributed by atoms with E-state index in [2.05, 4.69) is 46.3 Å². The van der Waals surface area contributed by atoms with Crippen molar-refractivity contribution in [2.24, 2.45) is 5.73 Å². The Morgan fingerprint density at radius 2 is 1.79 bits per heavy atom. The minimum atomic E-state index is -0.315. The Kier molecular flexibility index (Phi) is 9.87. The van der Waals surface area contributed by atoms with Gasteiger partial charge in [-0.15, -0.1) is 0 Å². The number of hydrogen-bond donors (Lipinski definition) is 4. The molecular formula is C31H39N9O2. The van der Waals surface area contributed by atoms with E-state index in [9.17, 15) is 9.59 Å². The van der Waals surface area contributed by atoms with Gasteiger partial charge in [0.25, 0.3) is 5.91 Å². The highest BCUT2D eigenvalue weighted by Gasteiger charge is 2.22. The summed E-state index contributed by atoms with van der Waals surface area (Å²) < 4.78 is 2.03. The van der Waals surface area contributed by atoms with Gasteiger partial charge in [0.05, 0.1) is 6.33 Å². The predicted molar refractivity (Wildman–Crippen MR) is 169 cm³/mol. The Balaban J connectivity index is 0.00000198. The van der Waals surface area contributed by atoms with Gasteiger partial charge in [-0.3, -0.25) is 9.59 Å². The Morgan fingerprint density at radius 1 is 1.05 bits per heavy atom. The van der Waals surface area contributed by atoms with Crippen molar-refractivity contribution < 1.29 is 9.59 Å². The van der Waals surface area contributed by atoms with E-state index >= 15 is 0 Å². The number of imidazole rings is 1. The zero-order valence-corrected chi connectivity index (χ0v) is 24.6. The van der Waals surface area contributed by atoms with Crippen molar-refractivity contribution in [1.29, 1.82) is 0 Å². The first-order valence-corrected chi connectivity index (χ1v) is 14.3. The fraction of sp³-hybridized carbons (Fsp3) is 0.323. The summed E-state index contributed by atoms with van der Waals surface area (Å²) in [7, 11) is 0. The third kappa shape index (κ3) is 7.10. The maximum atomic E-state index is 12.9. The molecule has 5 N–H and O–H groups in total. The molecular weight excluding hydrogens is 530 g/mol. The first-order valence-electron chi connectivity index (χ1n) is 14.3. The van der Waals surface area contributed by atoms with Gasteiger partial charge >= 0.3 is 0 Å². The molecule has 1 fully saturated rings. The van der Waals surface area contributed by atoms with Gasteiger partial charge in [0.15, 0.2) is 17.0 Å². The second-order valence-electron chi connectivity index (χ2n) is 10.1. The lowest BCUT2D eigenvalue weighted by Crippen LogP contribution is -2.43. The zero-order chi connectivity index (χ0) is 30.2. The summed E-state index contributed by atoms with van der Waals surface area (Å²) in [5.74, 6) is 0.608. The molecule has 11 heteroatoms. The number of nitrogens with two attached hydrogens (primary N) is 1. The standard InChI is InChI=1S/C29H33N9O2.C2H6/c1-4-24(39)32-21-12-10-19(11-13-21)28(40)34-23-9-5-8-22(15-23)33-26-25-27(38(17-31-25)18(2)3)36-29(35-26)37-14-6-7-20(30)16-37;1-2/h4-5,8-13,15,17-18,20H,1,6-7,14,16,30H2,2-3H3,(H,32,39)(H,34,40)(H,33,35,36);1-2H3. The number of hydrogen-bond acceptors (Lipinski definition) is 8. The van der Waals surface area contributed by atoms with Crippen molar-refractivity contribution in [1.82, 2.24) is 19.5 Å². The number of anilines is 5. The molecule has 2 aromatic carbocycles. The summed E-state index contributed by atoms with van der Waals surface area (Å²) in [6, 6.07) is 14.3. The van der Waals surface area contributed by atoms with E-state index in [1.807, 2.05) is 42.7 Å². The van der Waals surface area contributed by atoms with E-state index in [0.717, 1.165) is 30.7 Å². The van der Waals surface area contributed by atoms with Crippen molar-refractivity contribution in [3.63, 3.8) is 0 Å². The molecule has 0 bridgehead atoms. The van der Waals surface area contributed by atoms with E-state index in [-0.39, 0.29) is 23.9 Å². The number of aromatic nitrogens is 4. The largest absolute Gasteiger partial charge is 0.339 e. The van der Waals surface area contributed by atoms with E-state index in [1.54, 1.807) is 30.6 Å². The fourth-order valence-electron chi connectivity index (χ4n) is 4.62. The van der Waals surface area contributed by atoms with Gasteiger partial charge in [0, 0.05) is 47.8 Å². The van der Waals surface area contributed by atoms with Crippen molar-refractivity contribution in [3.8, 4) is 0 Å². The molecule has 1 atom stereocenters. The quantitative estimate of drug-likeness (QED) is 0.204. The number of amides is 2. The molecule has 2 amide bonds. The molecule has 3 heterocycles. The molecule has 1 saturated heterocycles. The third-order valence-electron chi connectivity index (χ3n) is 6.69. The van der Waals surface area contributed by atoms with Gasteiger partial charge in [-0.2, -0.15) is 9.97 Å². The second-order valence-corrected chi connectivity index (χ2v) is 10.1. The highest BCUT2D eigenvalue weighted by molar-refractivity contribution is 6.05. The van der Waals surface area contributed by atoms with Crippen LogP contribution < -0.4 is 26.6 Å². The monoisotopic (exact) mass is 569 g/mol. The van der Waals surface area contributed by atoms with E-state index < -0.39 is 0 Å². The summed E-state index contributed by atoms with van der Waals surface area (Å²) in [4.78, 5) is 40.8. The third-order valence-corrected chi connectivity index (χ3v) is 6.69. The van der Waals surface area contributed by atoms with Crippen LogP contribution >= 0.6 is 0 Å². The van der Waals surface area contributed by atoms with Crippen LogP contribution in [0.15, 0.2) is 67.5 Å². The number of nitrogens with one attached hydrogen (secondary N) is 3. The van der Waals surface area contributed by atoms with Crippen molar-refractivity contribution in [2.75, 3.05) is 33.9 Å². The number of benzene rings is 2. The molecule has 1 unspecified atom stereocenters. The van der Waals surface area contributed by atoms with Gasteiger partial charge in [-0.25, -0.2) is 4.98 Å². The Labute approximate surface area is 246 Å². The van der Waals surface area contributed by atoms with Crippen LogP contribution in [-0.4, -0.2) is 50.5 Å². The SMILES string of the molecule is C=CC(=O)Nc1ccc(C(=O)Nc2cccc(Nc3nc(N4CCCC(N)C4)nc4c3ncn4C(C)C)c2)cc1.CC. The smallest absolute Gasteiger partial charge is 0.255 e. The summed E-state index contributed by atoms with van der Waals surface area (Å²) in [5.41, 5.74) is 10.0. The van der Waals surface area contributed by atoms with Crippen LogP contribution in [0.5, 0.6) is 0 Å². The summed E-state index contributed by atoms with van der Waals surface area (Å²) in [6.45, 7) is 13.2. The van der Waals surface area contributed by atoms with Crippen LogP contribution in [-0.2, 0) is 4.79 Å². The highest BCUT2D eigenvalue weighted by Crippen LogP contribution is 2.29. The lowest BCUT2D eigenvalue weighted by Gasteiger charge is -2.31. The maximum absolute atomic E-state index is 12.9.